The number of hydrogen-bond donors (Lipinski definition) is 1. The fourth-order valence-electron chi connectivity index (χ4n) is 2.72. The minimum atomic E-state index is -0.504. The third-order valence-electron chi connectivity index (χ3n) is 4.26. The number of nitrogens with zero attached hydrogens (tertiary/aromatic N) is 1. The van der Waals surface area contributed by atoms with Gasteiger partial charge in [-0.3, -0.25) is 4.79 Å². The van der Waals surface area contributed by atoms with Gasteiger partial charge in [-0.05, 0) is 42.0 Å². The Morgan fingerprint density at radius 1 is 1.00 bits per heavy atom. The molecule has 1 heterocycles. The molecule has 30 heavy (non-hydrogen) atoms. The van der Waals surface area contributed by atoms with Crippen molar-refractivity contribution in [2.24, 2.45) is 0 Å². The molecule has 0 aliphatic carbocycles. The van der Waals surface area contributed by atoms with Crippen LogP contribution in [0.5, 0.6) is 5.75 Å². The summed E-state index contributed by atoms with van der Waals surface area (Å²) >= 11 is 1.18. The fraction of sp³-hybridized carbons (Fsp3) is 0.0435. The first-order chi connectivity index (χ1) is 14.6. The normalized spacial score (nSPS) is 10.6. The Labute approximate surface area is 175 Å². The third-order valence-corrected chi connectivity index (χ3v) is 5.13. The molecule has 0 radical (unpaired) electrons. The van der Waals surface area contributed by atoms with Crippen LogP contribution < -0.4 is 10.1 Å². The van der Waals surface area contributed by atoms with Crippen molar-refractivity contribution in [2.45, 2.75) is 6.61 Å². The summed E-state index contributed by atoms with van der Waals surface area (Å²) in [6, 6.07) is 19.4. The molecule has 150 valence electrons. The Bertz CT molecular complexity index is 1160. The number of aromatic nitrogens is 1. The van der Waals surface area contributed by atoms with Gasteiger partial charge in [-0.25, -0.2) is 13.8 Å². The monoisotopic (exact) mass is 422 g/mol. The number of ether oxygens (including phenoxy) is 1. The minimum absolute atomic E-state index is 0.195. The summed E-state index contributed by atoms with van der Waals surface area (Å²) in [4.78, 5) is 16.6. The maximum Gasteiger partial charge on any atom is 0.275 e. The highest BCUT2D eigenvalue weighted by Gasteiger charge is 2.15. The van der Waals surface area contributed by atoms with Crippen LogP contribution in [0.3, 0.4) is 0 Å². The molecule has 4 nitrogen and oxygen atoms in total. The smallest absolute Gasteiger partial charge is 0.275 e. The van der Waals surface area contributed by atoms with Gasteiger partial charge in [0.05, 0.1) is 0 Å². The summed E-state index contributed by atoms with van der Waals surface area (Å²) in [5.41, 5.74) is 1.93. The number of halogens is 2. The van der Waals surface area contributed by atoms with Gasteiger partial charge in [-0.15, -0.1) is 11.3 Å². The molecule has 0 bridgehead atoms. The molecular formula is C23H16F2N2O2S. The first-order valence-electron chi connectivity index (χ1n) is 9.07. The Morgan fingerprint density at radius 3 is 2.50 bits per heavy atom. The highest BCUT2D eigenvalue weighted by molar-refractivity contribution is 7.13. The molecule has 0 aliphatic rings. The number of benzene rings is 3. The van der Waals surface area contributed by atoms with Gasteiger partial charge in [-0.2, -0.15) is 0 Å². The van der Waals surface area contributed by atoms with E-state index in [1.807, 2.05) is 18.2 Å². The number of thiazole rings is 1. The second-order valence-electron chi connectivity index (χ2n) is 6.41. The summed E-state index contributed by atoms with van der Waals surface area (Å²) in [7, 11) is 0. The fourth-order valence-corrected chi connectivity index (χ4v) is 3.55. The van der Waals surface area contributed by atoms with Crippen molar-refractivity contribution in [3.8, 4) is 16.3 Å². The maximum absolute atomic E-state index is 14.6. The number of rotatable bonds is 6. The first kappa shape index (κ1) is 19.7. The van der Waals surface area contributed by atoms with Crippen LogP contribution in [0, 0.1) is 11.6 Å². The number of amides is 1. The first-order valence-corrected chi connectivity index (χ1v) is 9.95. The maximum atomic E-state index is 14.6. The van der Waals surface area contributed by atoms with Crippen LogP contribution in [-0.4, -0.2) is 10.9 Å². The van der Waals surface area contributed by atoms with Crippen molar-refractivity contribution in [3.05, 3.63) is 101 Å². The van der Waals surface area contributed by atoms with Crippen molar-refractivity contribution in [1.82, 2.24) is 4.98 Å². The summed E-state index contributed by atoms with van der Waals surface area (Å²) in [5.74, 6) is -0.840. The van der Waals surface area contributed by atoms with Crippen molar-refractivity contribution in [2.75, 3.05) is 5.32 Å². The third kappa shape index (κ3) is 4.69. The zero-order chi connectivity index (χ0) is 20.9. The lowest BCUT2D eigenvalue weighted by Gasteiger charge is -2.08. The van der Waals surface area contributed by atoms with Crippen LogP contribution >= 0.6 is 11.3 Å². The molecule has 4 aromatic rings. The lowest BCUT2D eigenvalue weighted by molar-refractivity contribution is 0.102. The molecule has 0 fully saturated rings. The van der Waals surface area contributed by atoms with E-state index in [9.17, 15) is 13.6 Å². The topological polar surface area (TPSA) is 51.2 Å². The molecule has 0 aliphatic heterocycles. The summed E-state index contributed by atoms with van der Waals surface area (Å²) in [6.45, 7) is 0.195. The number of anilines is 1. The minimum Gasteiger partial charge on any atom is -0.489 e. The Balaban J connectivity index is 1.44. The van der Waals surface area contributed by atoms with E-state index in [1.54, 1.807) is 41.8 Å². The average molecular weight is 422 g/mol. The van der Waals surface area contributed by atoms with Crippen molar-refractivity contribution >= 4 is 22.9 Å². The lowest BCUT2D eigenvalue weighted by atomic mass is 10.2. The van der Waals surface area contributed by atoms with Crippen molar-refractivity contribution in [3.63, 3.8) is 0 Å². The quantitative estimate of drug-likeness (QED) is 0.420. The van der Waals surface area contributed by atoms with E-state index in [-0.39, 0.29) is 29.6 Å². The number of carbonyl (C=O) groups is 1. The number of hydrogen-bond acceptors (Lipinski definition) is 4. The van der Waals surface area contributed by atoms with Gasteiger partial charge in [0.25, 0.3) is 5.91 Å². The Morgan fingerprint density at radius 2 is 1.77 bits per heavy atom. The van der Waals surface area contributed by atoms with Gasteiger partial charge in [0, 0.05) is 22.7 Å². The highest BCUT2D eigenvalue weighted by Crippen LogP contribution is 2.29. The summed E-state index contributed by atoms with van der Waals surface area (Å²) < 4.78 is 33.1. The van der Waals surface area contributed by atoms with E-state index in [2.05, 4.69) is 10.3 Å². The molecule has 1 aromatic heterocycles. The molecule has 0 saturated carbocycles. The predicted octanol–water partition coefficient (Wildman–Crippen LogP) is 5.92. The lowest BCUT2D eigenvalue weighted by Crippen LogP contribution is -2.12. The molecule has 0 spiro atoms. The molecule has 0 saturated heterocycles. The standard InChI is InChI=1S/C23H16F2N2O2S/c24-16-8-6-15(7-9-16)13-29-18-10-11-19(20(25)12-18)23-27-21(14-30-23)22(28)26-17-4-2-1-3-5-17/h1-12,14H,13H2,(H,26,28). The summed E-state index contributed by atoms with van der Waals surface area (Å²) in [6.07, 6.45) is 0. The molecular weight excluding hydrogens is 406 g/mol. The largest absolute Gasteiger partial charge is 0.489 e. The van der Waals surface area contributed by atoms with E-state index >= 15 is 0 Å². The number of nitrogens with one attached hydrogen (secondary N) is 1. The van der Waals surface area contributed by atoms with Gasteiger partial charge >= 0.3 is 0 Å². The molecule has 7 heteroatoms. The van der Waals surface area contributed by atoms with E-state index in [1.165, 1.54) is 29.5 Å². The van der Waals surface area contributed by atoms with Crippen molar-refractivity contribution in [1.29, 1.82) is 0 Å². The molecule has 3 aromatic carbocycles. The van der Waals surface area contributed by atoms with Crippen LogP contribution in [-0.2, 0) is 6.61 Å². The average Bonchev–Trinajstić information content (AvgIpc) is 3.24. The zero-order valence-corrected chi connectivity index (χ0v) is 16.5. The van der Waals surface area contributed by atoms with Gasteiger partial charge < -0.3 is 10.1 Å². The van der Waals surface area contributed by atoms with E-state index in [4.69, 9.17) is 4.74 Å². The van der Waals surface area contributed by atoms with Crippen LogP contribution in [0.4, 0.5) is 14.5 Å². The molecule has 1 amide bonds. The molecule has 1 N–H and O–H groups in total. The van der Waals surface area contributed by atoms with Crippen molar-refractivity contribution < 1.29 is 18.3 Å². The van der Waals surface area contributed by atoms with Gasteiger partial charge in [0.15, 0.2) is 0 Å². The van der Waals surface area contributed by atoms with E-state index in [0.717, 1.165) is 5.56 Å². The van der Waals surface area contributed by atoms with Crippen LogP contribution in [0.1, 0.15) is 16.1 Å². The Hall–Kier alpha value is -3.58. The SMILES string of the molecule is O=C(Nc1ccccc1)c1csc(-c2ccc(OCc3ccc(F)cc3)cc2F)n1. The van der Waals surface area contributed by atoms with E-state index in [0.29, 0.717) is 16.4 Å². The molecule has 0 atom stereocenters. The summed E-state index contributed by atoms with van der Waals surface area (Å²) in [5, 5.41) is 4.74. The van der Waals surface area contributed by atoms with Gasteiger partial charge in [0.1, 0.15) is 34.7 Å². The Kier molecular flexibility index (Phi) is 5.81. The second kappa shape index (κ2) is 8.84. The van der Waals surface area contributed by atoms with E-state index < -0.39 is 5.82 Å². The van der Waals surface area contributed by atoms with Crippen LogP contribution in [0.15, 0.2) is 78.2 Å². The van der Waals surface area contributed by atoms with Gasteiger partial charge in [0.2, 0.25) is 0 Å². The molecule has 0 unspecified atom stereocenters. The van der Waals surface area contributed by atoms with Gasteiger partial charge in [-0.1, -0.05) is 30.3 Å². The number of para-hydroxylation sites is 1. The predicted molar refractivity (Wildman–Crippen MR) is 113 cm³/mol. The second-order valence-corrected chi connectivity index (χ2v) is 7.27. The number of carbonyl (C=O) groups excluding carboxylic acids is 1. The highest BCUT2D eigenvalue weighted by atomic mass is 32.1. The van der Waals surface area contributed by atoms with Crippen LogP contribution in [0.2, 0.25) is 0 Å². The molecule has 4 rings (SSSR count). The van der Waals surface area contributed by atoms with Crippen LogP contribution in [0.25, 0.3) is 10.6 Å². The zero-order valence-electron chi connectivity index (χ0n) is 15.6.